The molecular formula is C25H29N3O2. The SMILES string of the molecule is O=C1c2ccccc2CN1CCCN1CCC(CN2Cc3ccccc3C2=O)CC1. The molecule has 0 spiro atoms. The molecule has 3 aliphatic rings. The van der Waals surface area contributed by atoms with E-state index in [4.69, 9.17) is 0 Å². The summed E-state index contributed by atoms with van der Waals surface area (Å²) in [5.74, 6) is 0.971. The van der Waals surface area contributed by atoms with E-state index in [1.54, 1.807) is 0 Å². The number of carbonyl (C=O) groups excluding carboxylic acids is 2. The number of carbonyl (C=O) groups is 2. The van der Waals surface area contributed by atoms with E-state index < -0.39 is 0 Å². The summed E-state index contributed by atoms with van der Waals surface area (Å²) in [6, 6.07) is 15.9. The molecule has 0 saturated carbocycles. The van der Waals surface area contributed by atoms with Gasteiger partial charge in [-0.15, -0.1) is 0 Å². The van der Waals surface area contributed by atoms with E-state index in [0.29, 0.717) is 5.92 Å². The van der Waals surface area contributed by atoms with E-state index in [9.17, 15) is 9.59 Å². The Morgan fingerprint density at radius 2 is 1.30 bits per heavy atom. The Hall–Kier alpha value is -2.66. The topological polar surface area (TPSA) is 43.9 Å². The first-order chi connectivity index (χ1) is 14.7. The van der Waals surface area contributed by atoms with Crippen LogP contribution < -0.4 is 0 Å². The van der Waals surface area contributed by atoms with Gasteiger partial charge in [0.25, 0.3) is 11.8 Å². The molecule has 0 unspecified atom stereocenters. The number of likely N-dealkylation sites (tertiary alicyclic amines) is 1. The zero-order valence-corrected chi connectivity index (χ0v) is 17.4. The summed E-state index contributed by atoms with van der Waals surface area (Å²) in [7, 11) is 0. The summed E-state index contributed by atoms with van der Waals surface area (Å²) in [4.78, 5) is 31.6. The quantitative estimate of drug-likeness (QED) is 0.743. The van der Waals surface area contributed by atoms with Crippen molar-refractivity contribution in [2.24, 2.45) is 5.92 Å². The second kappa shape index (κ2) is 8.23. The van der Waals surface area contributed by atoms with Crippen LogP contribution in [0.2, 0.25) is 0 Å². The minimum atomic E-state index is 0.181. The van der Waals surface area contributed by atoms with Crippen molar-refractivity contribution < 1.29 is 9.59 Å². The molecule has 2 aromatic carbocycles. The van der Waals surface area contributed by atoms with Crippen molar-refractivity contribution in [2.45, 2.75) is 32.4 Å². The Bertz CT molecular complexity index is 949. The first-order valence-electron chi connectivity index (χ1n) is 11.2. The largest absolute Gasteiger partial charge is 0.334 e. The number of fused-ring (bicyclic) bond motifs is 2. The van der Waals surface area contributed by atoms with Gasteiger partial charge in [-0.25, -0.2) is 0 Å². The second-order valence-electron chi connectivity index (χ2n) is 8.87. The number of benzene rings is 2. The third-order valence-corrected chi connectivity index (χ3v) is 6.88. The molecule has 30 heavy (non-hydrogen) atoms. The lowest BCUT2D eigenvalue weighted by atomic mass is 9.96. The van der Waals surface area contributed by atoms with Crippen molar-refractivity contribution in [3.05, 3.63) is 70.8 Å². The third-order valence-electron chi connectivity index (χ3n) is 6.88. The van der Waals surface area contributed by atoms with E-state index in [-0.39, 0.29) is 11.8 Å². The summed E-state index contributed by atoms with van der Waals surface area (Å²) in [5.41, 5.74) is 4.07. The van der Waals surface area contributed by atoms with Crippen LogP contribution in [-0.4, -0.2) is 59.2 Å². The fourth-order valence-corrected chi connectivity index (χ4v) is 5.15. The van der Waals surface area contributed by atoms with Gasteiger partial charge in [0.15, 0.2) is 0 Å². The van der Waals surface area contributed by atoms with E-state index in [1.165, 1.54) is 5.56 Å². The molecule has 156 valence electrons. The zero-order chi connectivity index (χ0) is 20.5. The smallest absolute Gasteiger partial charge is 0.254 e. The Balaban J connectivity index is 1.04. The molecule has 0 aromatic heterocycles. The van der Waals surface area contributed by atoms with Crippen molar-refractivity contribution in [2.75, 3.05) is 32.7 Å². The van der Waals surface area contributed by atoms with Crippen LogP contribution in [0.5, 0.6) is 0 Å². The highest BCUT2D eigenvalue weighted by Gasteiger charge is 2.30. The molecule has 2 amide bonds. The summed E-state index contributed by atoms with van der Waals surface area (Å²) < 4.78 is 0. The van der Waals surface area contributed by atoms with Crippen LogP contribution in [0.3, 0.4) is 0 Å². The molecule has 1 saturated heterocycles. The molecule has 5 rings (SSSR count). The molecule has 3 heterocycles. The molecule has 0 aliphatic carbocycles. The number of piperidine rings is 1. The summed E-state index contributed by atoms with van der Waals surface area (Å²) in [6.07, 6.45) is 3.31. The van der Waals surface area contributed by atoms with Gasteiger partial charge in [-0.1, -0.05) is 36.4 Å². The molecule has 2 aromatic rings. The van der Waals surface area contributed by atoms with E-state index in [0.717, 1.165) is 81.8 Å². The third kappa shape index (κ3) is 3.74. The van der Waals surface area contributed by atoms with E-state index in [2.05, 4.69) is 17.0 Å². The minimum absolute atomic E-state index is 0.181. The van der Waals surface area contributed by atoms with Gasteiger partial charge < -0.3 is 14.7 Å². The predicted octanol–water partition coefficient (Wildman–Crippen LogP) is 3.40. The van der Waals surface area contributed by atoms with Gasteiger partial charge in [-0.05, 0) is 68.1 Å². The number of amides is 2. The van der Waals surface area contributed by atoms with Gasteiger partial charge >= 0.3 is 0 Å². The van der Waals surface area contributed by atoms with Crippen LogP contribution in [0.25, 0.3) is 0 Å². The predicted molar refractivity (Wildman–Crippen MR) is 116 cm³/mol. The van der Waals surface area contributed by atoms with Crippen molar-refractivity contribution in [3.8, 4) is 0 Å². The standard InChI is InChI=1S/C25H29N3O2/c29-24-22-8-3-1-6-20(22)17-27(24)13-5-12-26-14-10-19(11-15-26)16-28-18-21-7-2-4-9-23(21)25(28)30/h1-4,6-9,19H,5,10-18H2. The van der Waals surface area contributed by atoms with E-state index in [1.807, 2.05) is 46.2 Å². The highest BCUT2D eigenvalue weighted by atomic mass is 16.2. The Labute approximate surface area is 178 Å². The number of hydrogen-bond acceptors (Lipinski definition) is 3. The van der Waals surface area contributed by atoms with Gasteiger partial charge in [0, 0.05) is 37.3 Å². The molecule has 0 N–H and O–H groups in total. The van der Waals surface area contributed by atoms with Crippen LogP contribution in [0.1, 0.15) is 51.1 Å². The molecule has 0 atom stereocenters. The number of hydrogen-bond donors (Lipinski definition) is 0. The fourth-order valence-electron chi connectivity index (χ4n) is 5.15. The fraction of sp³-hybridized carbons (Fsp3) is 0.440. The normalized spacial score (nSPS) is 19.5. The van der Waals surface area contributed by atoms with Gasteiger partial charge in [-0.2, -0.15) is 0 Å². The van der Waals surface area contributed by atoms with E-state index >= 15 is 0 Å². The average molecular weight is 404 g/mol. The van der Waals surface area contributed by atoms with Gasteiger partial charge in [0.1, 0.15) is 0 Å². The number of rotatable bonds is 6. The second-order valence-corrected chi connectivity index (χ2v) is 8.87. The van der Waals surface area contributed by atoms with Crippen LogP contribution in [0.4, 0.5) is 0 Å². The van der Waals surface area contributed by atoms with Crippen LogP contribution >= 0.6 is 0 Å². The lowest BCUT2D eigenvalue weighted by Gasteiger charge is -2.34. The summed E-state index contributed by atoms with van der Waals surface area (Å²) in [5, 5.41) is 0. The lowest BCUT2D eigenvalue weighted by Crippen LogP contribution is -2.40. The van der Waals surface area contributed by atoms with Crippen molar-refractivity contribution in [1.29, 1.82) is 0 Å². The van der Waals surface area contributed by atoms with Crippen LogP contribution in [0, 0.1) is 5.92 Å². The van der Waals surface area contributed by atoms with Crippen molar-refractivity contribution >= 4 is 11.8 Å². The van der Waals surface area contributed by atoms with Gasteiger partial charge in [0.2, 0.25) is 0 Å². The molecule has 0 radical (unpaired) electrons. The molecule has 0 bridgehead atoms. The lowest BCUT2D eigenvalue weighted by molar-refractivity contribution is 0.0702. The van der Waals surface area contributed by atoms with Crippen LogP contribution in [-0.2, 0) is 13.1 Å². The Morgan fingerprint density at radius 3 is 1.93 bits per heavy atom. The molecule has 1 fully saturated rings. The molecule has 5 nitrogen and oxygen atoms in total. The Kier molecular flexibility index (Phi) is 5.30. The van der Waals surface area contributed by atoms with Gasteiger partial charge in [0.05, 0.1) is 0 Å². The van der Waals surface area contributed by atoms with Crippen LogP contribution in [0.15, 0.2) is 48.5 Å². The van der Waals surface area contributed by atoms with Crippen molar-refractivity contribution in [1.82, 2.24) is 14.7 Å². The maximum atomic E-state index is 12.6. The maximum Gasteiger partial charge on any atom is 0.254 e. The molecule has 5 heteroatoms. The number of nitrogens with zero attached hydrogens (tertiary/aromatic N) is 3. The highest BCUT2D eigenvalue weighted by molar-refractivity contribution is 5.98. The summed E-state index contributed by atoms with van der Waals surface area (Å²) >= 11 is 0. The average Bonchev–Trinajstić information content (AvgIpc) is 3.26. The molecular weight excluding hydrogens is 374 g/mol. The monoisotopic (exact) mass is 403 g/mol. The minimum Gasteiger partial charge on any atom is -0.334 e. The zero-order valence-electron chi connectivity index (χ0n) is 17.4. The maximum absolute atomic E-state index is 12.6. The Morgan fingerprint density at radius 1 is 0.733 bits per heavy atom. The first kappa shape index (κ1) is 19.3. The first-order valence-corrected chi connectivity index (χ1v) is 11.2. The highest BCUT2D eigenvalue weighted by Crippen LogP contribution is 2.27. The van der Waals surface area contributed by atoms with Gasteiger partial charge in [-0.3, -0.25) is 9.59 Å². The van der Waals surface area contributed by atoms with Crippen molar-refractivity contribution in [3.63, 3.8) is 0 Å². The molecule has 3 aliphatic heterocycles. The summed E-state index contributed by atoms with van der Waals surface area (Å²) in [6.45, 7) is 6.45.